The molecule has 2 nitrogen and oxygen atoms in total. The first-order chi connectivity index (χ1) is 7.29. The molecule has 0 N–H and O–H groups in total. The highest BCUT2D eigenvalue weighted by atomic mass is 16.1. The van der Waals surface area contributed by atoms with Gasteiger partial charge < -0.3 is 0 Å². The van der Waals surface area contributed by atoms with Gasteiger partial charge in [-0.3, -0.25) is 9.59 Å². The van der Waals surface area contributed by atoms with Crippen LogP contribution in [0.5, 0.6) is 0 Å². The van der Waals surface area contributed by atoms with Crippen molar-refractivity contribution in [1.29, 1.82) is 0 Å². The molecular formula is C14H22O2. The van der Waals surface area contributed by atoms with Gasteiger partial charge in [0, 0.05) is 17.8 Å². The van der Waals surface area contributed by atoms with E-state index in [1.807, 2.05) is 0 Å². The van der Waals surface area contributed by atoms with Crippen LogP contribution in [0.3, 0.4) is 0 Å². The van der Waals surface area contributed by atoms with E-state index in [1.165, 1.54) is 0 Å². The monoisotopic (exact) mass is 222 g/mol. The fraction of sp³-hybridized carbons (Fsp3) is 0.857. The minimum Gasteiger partial charge on any atom is -0.300 e. The van der Waals surface area contributed by atoms with Gasteiger partial charge >= 0.3 is 0 Å². The van der Waals surface area contributed by atoms with E-state index >= 15 is 0 Å². The zero-order chi connectivity index (χ0) is 12.1. The molecule has 2 rings (SSSR count). The lowest BCUT2D eigenvalue weighted by Gasteiger charge is -2.33. The van der Waals surface area contributed by atoms with Crippen LogP contribution in [-0.2, 0) is 9.59 Å². The summed E-state index contributed by atoms with van der Waals surface area (Å²) in [6, 6.07) is 0. The van der Waals surface area contributed by atoms with E-state index in [0.717, 1.165) is 19.3 Å². The number of hydrogen-bond acceptors (Lipinski definition) is 2. The fourth-order valence-corrected chi connectivity index (χ4v) is 4.15. The highest BCUT2D eigenvalue weighted by Crippen LogP contribution is 2.61. The molecule has 0 saturated heterocycles. The number of carbonyl (C=O) groups excluding carboxylic acids is 2. The normalized spacial score (nSPS) is 41.9. The van der Waals surface area contributed by atoms with Crippen molar-refractivity contribution >= 4 is 11.6 Å². The lowest BCUT2D eigenvalue weighted by molar-refractivity contribution is -0.136. The van der Waals surface area contributed by atoms with Crippen LogP contribution < -0.4 is 0 Å². The second kappa shape index (κ2) is 3.41. The van der Waals surface area contributed by atoms with Crippen molar-refractivity contribution < 1.29 is 9.59 Å². The molecule has 0 radical (unpaired) electrons. The topological polar surface area (TPSA) is 34.1 Å². The van der Waals surface area contributed by atoms with Gasteiger partial charge in [-0.15, -0.1) is 0 Å². The average molecular weight is 222 g/mol. The minimum absolute atomic E-state index is 0.0208. The summed E-state index contributed by atoms with van der Waals surface area (Å²) >= 11 is 0. The van der Waals surface area contributed by atoms with Gasteiger partial charge in [-0.05, 0) is 37.5 Å². The number of rotatable bonds is 1. The highest BCUT2D eigenvalue weighted by molar-refractivity contribution is 5.94. The molecule has 0 heterocycles. The van der Waals surface area contributed by atoms with Crippen LogP contribution in [0.15, 0.2) is 0 Å². The predicted molar refractivity (Wildman–Crippen MR) is 63.0 cm³/mol. The minimum atomic E-state index is -0.310. The van der Waals surface area contributed by atoms with Crippen LogP contribution in [-0.4, -0.2) is 11.6 Å². The number of ketones is 2. The lowest BCUT2D eigenvalue weighted by atomic mass is 9.68. The van der Waals surface area contributed by atoms with E-state index in [1.54, 1.807) is 6.92 Å². The molecule has 2 aliphatic carbocycles. The van der Waals surface area contributed by atoms with Crippen molar-refractivity contribution in [3.05, 3.63) is 0 Å². The van der Waals surface area contributed by atoms with Crippen LogP contribution >= 0.6 is 0 Å². The molecule has 0 aliphatic heterocycles. The van der Waals surface area contributed by atoms with Crippen molar-refractivity contribution in [3.8, 4) is 0 Å². The van der Waals surface area contributed by atoms with Crippen molar-refractivity contribution in [2.24, 2.45) is 22.7 Å². The number of hydrogen-bond donors (Lipinski definition) is 0. The maximum atomic E-state index is 12.3. The zero-order valence-electron chi connectivity index (χ0n) is 10.8. The molecule has 0 unspecified atom stereocenters. The van der Waals surface area contributed by atoms with Crippen molar-refractivity contribution in [1.82, 2.24) is 0 Å². The van der Waals surface area contributed by atoms with E-state index in [0.29, 0.717) is 18.1 Å². The van der Waals surface area contributed by atoms with Gasteiger partial charge in [0.05, 0.1) is 0 Å². The Bertz CT molecular complexity index is 343. The zero-order valence-corrected chi connectivity index (χ0v) is 10.8. The smallest absolute Gasteiger partial charge is 0.140 e. The molecule has 1 spiro atoms. The second-order valence-electron chi connectivity index (χ2n) is 6.61. The van der Waals surface area contributed by atoms with Gasteiger partial charge in [0.25, 0.3) is 0 Å². The molecule has 2 saturated carbocycles. The Labute approximate surface area is 97.8 Å². The molecule has 0 bridgehead atoms. The third-order valence-corrected chi connectivity index (χ3v) is 4.84. The fourth-order valence-electron chi connectivity index (χ4n) is 4.15. The molecule has 0 aromatic rings. The van der Waals surface area contributed by atoms with Crippen molar-refractivity contribution in [2.45, 2.75) is 53.4 Å². The summed E-state index contributed by atoms with van der Waals surface area (Å²) in [5.74, 6) is 0.932. The molecule has 2 aliphatic rings. The molecule has 2 fully saturated rings. The Balaban J connectivity index is 2.44. The molecular weight excluding hydrogens is 200 g/mol. The summed E-state index contributed by atoms with van der Waals surface area (Å²) < 4.78 is 0. The summed E-state index contributed by atoms with van der Waals surface area (Å²) in [7, 11) is 0. The summed E-state index contributed by atoms with van der Waals surface area (Å²) in [5, 5.41) is 0. The van der Waals surface area contributed by atoms with Gasteiger partial charge in [-0.2, -0.15) is 0 Å². The van der Waals surface area contributed by atoms with E-state index in [9.17, 15) is 9.59 Å². The van der Waals surface area contributed by atoms with E-state index < -0.39 is 0 Å². The van der Waals surface area contributed by atoms with Gasteiger partial charge in [0.15, 0.2) is 0 Å². The van der Waals surface area contributed by atoms with Gasteiger partial charge in [0.2, 0.25) is 0 Å². The first-order valence-corrected chi connectivity index (χ1v) is 6.33. The molecule has 0 aromatic heterocycles. The Morgan fingerprint density at radius 3 is 2.44 bits per heavy atom. The maximum Gasteiger partial charge on any atom is 0.140 e. The largest absolute Gasteiger partial charge is 0.300 e. The molecule has 90 valence electrons. The van der Waals surface area contributed by atoms with E-state index in [-0.39, 0.29) is 22.5 Å². The molecule has 0 aromatic carbocycles. The Morgan fingerprint density at radius 1 is 1.38 bits per heavy atom. The van der Waals surface area contributed by atoms with E-state index in [4.69, 9.17) is 0 Å². The summed E-state index contributed by atoms with van der Waals surface area (Å²) in [6.07, 6.45) is 3.45. The highest BCUT2D eigenvalue weighted by Gasteiger charge is 2.61. The third kappa shape index (κ3) is 1.46. The van der Waals surface area contributed by atoms with Crippen LogP contribution in [0.25, 0.3) is 0 Å². The standard InChI is InChI=1S/C14H22O2/c1-9-5-6-12(16)14(9)8-13(3,4)7-11(14)10(2)15/h9,11H,5-8H2,1-4H3/t9-,11+,14+/m0/s1. The Morgan fingerprint density at radius 2 is 2.00 bits per heavy atom. The van der Waals surface area contributed by atoms with Crippen LogP contribution in [0.1, 0.15) is 53.4 Å². The maximum absolute atomic E-state index is 12.3. The summed E-state index contributed by atoms with van der Waals surface area (Å²) in [4.78, 5) is 24.1. The van der Waals surface area contributed by atoms with Gasteiger partial charge in [-0.25, -0.2) is 0 Å². The summed E-state index contributed by atoms with van der Waals surface area (Å²) in [5.41, 5.74) is -0.167. The number of Topliss-reactive ketones (excluding diaryl/α,β-unsaturated/α-hetero) is 2. The van der Waals surface area contributed by atoms with Crippen molar-refractivity contribution in [3.63, 3.8) is 0 Å². The third-order valence-electron chi connectivity index (χ3n) is 4.84. The lowest BCUT2D eigenvalue weighted by Crippen LogP contribution is -2.38. The first-order valence-electron chi connectivity index (χ1n) is 6.33. The van der Waals surface area contributed by atoms with Gasteiger partial charge in [0.1, 0.15) is 11.6 Å². The predicted octanol–water partition coefficient (Wildman–Crippen LogP) is 3.00. The van der Waals surface area contributed by atoms with Gasteiger partial charge in [-0.1, -0.05) is 20.8 Å². The SMILES string of the molecule is CC(=O)[C@H]1CC(C)(C)C[C@]12C(=O)CC[C@@H]2C. The quantitative estimate of drug-likeness (QED) is 0.683. The molecule has 2 heteroatoms. The Hall–Kier alpha value is -0.660. The van der Waals surface area contributed by atoms with Crippen LogP contribution in [0.4, 0.5) is 0 Å². The van der Waals surface area contributed by atoms with Crippen LogP contribution in [0, 0.1) is 22.7 Å². The summed E-state index contributed by atoms with van der Waals surface area (Å²) in [6.45, 7) is 8.19. The number of carbonyl (C=O) groups is 2. The molecule has 0 amide bonds. The van der Waals surface area contributed by atoms with E-state index in [2.05, 4.69) is 20.8 Å². The molecule has 16 heavy (non-hydrogen) atoms. The molecule has 3 atom stereocenters. The first kappa shape index (κ1) is 11.8. The average Bonchev–Trinajstić information content (AvgIpc) is 2.59. The van der Waals surface area contributed by atoms with Crippen LogP contribution in [0.2, 0.25) is 0 Å². The Kier molecular flexibility index (Phi) is 2.52. The second-order valence-corrected chi connectivity index (χ2v) is 6.61. The van der Waals surface area contributed by atoms with Crippen molar-refractivity contribution in [2.75, 3.05) is 0 Å².